The van der Waals surface area contributed by atoms with E-state index in [-0.39, 0.29) is 29.8 Å². The molecule has 5 unspecified atom stereocenters. The summed E-state index contributed by atoms with van der Waals surface area (Å²) in [6.45, 7) is 4.51. The monoisotopic (exact) mass is 535 g/mol. The van der Waals surface area contributed by atoms with Gasteiger partial charge < -0.3 is 25.6 Å². The van der Waals surface area contributed by atoms with E-state index in [1.54, 1.807) is 18.4 Å². The Morgan fingerprint density at radius 1 is 1.16 bits per heavy atom. The molecular weight excluding hydrogens is 498 g/mol. The molecule has 8 heteroatoms. The summed E-state index contributed by atoms with van der Waals surface area (Å²) in [4.78, 5) is 19.6. The maximum Gasteiger partial charge on any atom is 0.220 e. The number of aromatic nitrogens is 1. The van der Waals surface area contributed by atoms with Gasteiger partial charge in [0.1, 0.15) is 5.75 Å². The number of carbonyl (C=O) groups excluding carboxylic acids is 1. The van der Waals surface area contributed by atoms with Crippen LogP contribution in [-0.2, 0) is 17.8 Å². The Morgan fingerprint density at radius 3 is 2.63 bits per heavy atom. The van der Waals surface area contributed by atoms with E-state index in [9.17, 15) is 15.0 Å². The fraction of sp³-hybridized carbons (Fsp3) is 0.467. The smallest absolute Gasteiger partial charge is 0.220 e. The van der Waals surface area contributed by atoms with E-state index >= 15 is 0 Å². The third kappa shape index (κ3) is 4.81. The van der Waals surface area contributed by atoms with Crippen LogP contribution in [0.25, 0.3) is 0 Å². The van der Waals surface area contributed by atoms with Crippen LogP contribution in [0.1, 0.15) is 55.2 Å². The van der Waals surface area contributed by atoms with E-state index in [4.69, 9.17) is 9.72 Å². The lowest BCUT2D eigenvalue weighted by Crippen LogP contribution is -2.57. The molecule has 3 aromatic rings. The van der Waals surface area contributed by atoms with Crippen LogP contribution in [-0.4, -0.2) is 40.9 Å². The van der Waals surface area contributed by atoms with Crippen molar-refractivity contribution in [2.75, 3.05) is 19.0 Å². The molecule has 5 rings (SSSR count). The van der Waals surface area contributed by atoms with Crippen molar-refractivity contribution in [1.29, 1.82) is 0 Å². The summed E-state index contributed by atoms with van der Waals surface area (Å²) >= 11 is 1.61. The number of nitrogens with zero attached hydrogens (tertiary/aromatic N) is 1. The molecule has 7 nitrogen and oxygen atoms in total. The zero-order chi connectivity index (χ0) is 26.9. The van der Waals surface area contributed by atoms with E-state index in [2.05, 4.69) is 17.6 Å². The van der Waals surface area contributed by atoms with Gasteiger partial charge in [-0.2, -0.15) is 0 Å². The van der Waals surface area contributed by atoms with Gasteiger partial charge in [-0.05, 0) is 48.8 Å². The molecule has 1 heterocycles. The third-order valence-corrected chi connectivity index (χ3v) is 9.99. The van der Waals surface area contributed by atoms with Crippen LogP contribution in [0.5, 0.6) is 5.75 Å². The van der Waals surface area contributed by atoms with E-state index in [0.717, 1.165) is 45.5 Å². The van der Waals surface area contributed by atoms with E-state index in [0.29, 0.717) is 19.4 Å². The minimum absolute atomic E-state index is 0.0216. The molecule has 0 aliphatic heterocycles. The largest absolute Gasteiger partial charge is 0.496 e. The van der Waals surface area contributed by atoms with Gasteiger partial charge in [-0.15, -0.1) is 11.3 Å². The lowest BCUT2D eigenvalue weighted by atomic mass is 9.47. The molecular formula is C30H37N3O4S. The first kappa shape index (κ1) is 26.7. The average molecular weight is 536 g/mol. The van der Waals surface area contributed by atoms with Crippen molar-refractivity contribution in [3.05, 3.63) is 70.7 Å². The lowest BCUT2D eigenvalue weighted by molar-refractivity contribution is -0.144. The minimum atomic E-state index is -0.645. The molecule has 1 saturated carbocycles. The highest BCUT2D eigenvalue weighted by Gasteiger charge is 2.59. The number of hydrogen-bond donors (Lipinski definition) is 4. The fourth-order valence-corrected chi connectivity index (χ4v) is 7.73. The van der Waals surface area contributed by atoms with E-state index < -0.39 is 11.5 Å². The highest BCUT2D eigenvalue weighted by atomic mass is 32.1. The zero-order valence-electron chi connectivity index (χ0n) is 22.2. The maximum atomic E-state index is 13.4. The summed E-state index contributed by atoms with van der Waals surface area (Å²) in [6, 6.07) is 17.6. The standard InChI is InChI=1S/C30H37N3O4S/c1-29-14-13-25(35)30(2,18-34)24(29)16-23-27(33-28(38-23)32-20-10-5-4-6-11-20)21(29)15-26(36)31-17-19-9-7-8-12-22(19)37-3/h4-12,21,24-25,34-35H,13-18H2,1-3H3,(H,31,36)(H,32,33). The molecule has 2 aliphatic carbocycles. The summed E-state index contributed by atoms with van der Waals surface area (Å²) in [6.07, 6.45) is 1.81. The Balaban J connectivity index is 1.45. The molecule has 202 valence electrons. The second kappa shape index (κ2) is 10.7. The number of carbonyl (C=O) groups is 1. The number of ether oxygens (including phenoxy) is 1. The minimum Gasteiger partial charge on any atom is -0.496 e. The van der Waals surface area contributed by atoms with Crippen molar-refractivity contribution < 1.29 is 19.7 Å². The Bertz CT molecular complexity index is 1280. The molecule has 0 spiro atoms. The number of rotatable bonds is 8. The second-order valence-corrected chi connectivity index (χ2v) is 12.2. The van der Waals surface area contributed by atoms with Gasteiger partial charge in [0, 0.05) is 40.4 Å². The number of anilines is 2. The summed E-state index contributed by atoms with van der Waals surface area (Å²) in [5.74, 6) is 0.593. The molecule has 0 radical (unpaired) electrons. The molecule has 2 aromatic carbocycles. The van der Waals surface area contributed by atoms with Crippen molar-refractivity contribution in [3.63, 3.8) is 0 Å². The summed E-state index contributed by atoms with van der Waals surface area (Å²) < 4.78 is 5.44. The quantitative estimate of drug-likeness (QED) is 0.323. The number of nitrogens with one attached hydrogen (secondary N) is 2. The van der Waals surface area contributed by atoms with Gasteiger partial charge in [0.05, 0.1) is 25.5 Å². The second-order valence-electron chi connectivity index (χ2n) is 11.1. The molecule has 4 N–H and O–H groups in total. The highest BCUT2D eigenvalue weighted by Crippen LogP contribution is 2.62. The summed E-state index contributed by atoms with van der Waals surface area (Å²) in [5, 5.41) is 28.8. The predicted molar refractivity (Wildman–Crippen MR) is 150 cm³/mol. The summed E-state index contributed by atoms with van der Waals surface area (Å²) in [7, 11) is 1.63. The zero-order valence-corrected chi connectivity index (χ0v) is 23.1. The number of fused-ring (bicyclic) bond motifs is 2. The molecule has 5 atom stereocenters. The molecule has 2 aliphatic rings. The van der Waals surface area contributed by atoms with E-state index in [1.165, 1.54) is 0 Å². The predicted octanol–water partition coefficient (Wildman–Crippen LogP) is 5.02. The third-order valence-electron chi connectivity index (χ3n) is 8.98. The molecule has 1 fully saturated rings. The first-order chi connectivity index (χ1) is 18.3. The van der Waals surface area contributed by atoms with Gasteiger partial charge >= 0.3 is 0 Å². The number of hydrogen-bond acceptors (Lipinski definition) is 7. The number of thiazole rings is 1. The van der Waals surface area contributed by atoms with Gasteiger partial charge in [0.15, 0.2) is 5.13 Å². The lowest BCUT2D eigenvalue weighted by Gasteiger charge is -2.58. The molecule has 1 aromatic heterocycles. The maximum absolute atomic E-state index is 13.4. The van der Waals surface area contributed by atoms with Crippen molar-refractivity contribution in [2.24, 2.45) is 16.7 Å². The van der Waals surface area contributed by atoms with Gasteiger partial charge in [0.25, 0.3) is 0 Å². The van der Waals surface area contributed by atoms with Gasteiger partial charge in [-0.3, -0.25) is 4.79 Å². The highest BCUT2D eigenvalue weighted by molar-refractivity contribution is 7.15. The van der Waals surface area contributed by atoms with Crippen molar-refractivity contribution in [3.8, 4) is 5.75 Å². The van der Waals surface area contributed by atoms with Crippen LogP contribution in [0.15, 0.2) is 54.6 Å². The van der Waals surface area contributed by atoms with Crippen LogP contribution in [0, 0.1) is 16.7 Å². The number of para-hydroxylation sites is 2. The number of aliphatic hydroxyl groups is 2. The van der Waals surface area contributed by atoms with Crippen LogP contribution in [0.2, 0.25) is 0 Å². The van der Waals surface area contributed by atoms with Crippen molar-refractivity contribution >= 4 is 28.1 Å². The van der Waals surface area contributed by atoms with Gasteiger partial charge in [0.2, 0.25) is 5.91 Å². The Kier molecular flexibility index (Phi) is 7.49. The molecule has 0 saturated heterocycles. The van der Waals surface area contributed by atoms with Crippen molar-refractivity contribution in [2.45, 2.75) is 58.1 Å². The van der Waals surface area contributed by atoms with Crippen molar-refractivity contribution in [1.82, 2.24) is 10.3 Å². The fourth-order valence-electron chi connectivity index (χ4n) is 6.64. The van der Waals surface area contributed by atoms with Gasteiger partial charge in [-0.25, -0.2) is 4.98 Å². The van der Waals surface area contributed by atoms with Gasteiger partial charge in [-0.1, -0.05) is 50.2 Å². The number of aliphatic hydroxyl groups excluding tert-OH is 2. The number of amides is 1. The molecule has 1 amide bonds. The first-order valence-corrected chi connectivity index (χ1v) is 14.1. The van der Waals surface area contributed by atoms with Crippen LogP contribution in [0.4, 0.5) is 10.8 Å². The SMILES string of the molecule is COc1ccccc1CNC(=O)CC1c2nc(Nc3ccccc3)sc2CC2C(C)(CO)C(O)CCC12C. The summed E-state index contributed by atoms with van der Waals surface area (Å²) in [5.41, 5.74) is 1.92. The van der Waals surface area contributed by atoms with Crippen LogP contribution in [0.3, 0.4) is 0 Å². The molecule has 0 bridgehead atoms. The van der Waals surface area contributed by atoms with Crippen LogP contribution >= 0.6 is 11.3 Å². The Morgan fingerprint density at radius 2 is 1.89 bits per heavy atom. The topological polar surface area (TPSA) is 104 Å². The first-order valence-electron chi connectivity index (χ1n) is 13.3. The Labute approximate surface area is 228 Å². The number of benzene rings is 2. The normalized spacial score (nSPS) is 28.2. The van der Waals surface area contributed by atoms with Crippen LogP contribution < -0.4 is 15.4 Å². The van der Waals surface area contributed by atoms with E-state index in [1.807, 2.05) is 61.5 Å². The average Bonchev–Trinajstić information content (AvgIpc) is 3.33. The number of methoxy groups -OCH3 is 1. The Hall–Kier alpha value is -2.94. The molecule has 38 heavy (non-hydrogen) atoms.